The number of hydrogen-bond donors (Lipinski definition) is 2. The van der Waals surface area contributed by atoms with Gasteiger partial charge in [-0.3, -0.25) is 0 Å². The smallest absolute Gasteiger partial charge is 0.328 e. The minimum atomic E-state index is -1.36. The van der Waals surface area contributed by atoms with E-state index in [2.05, 4.69) is 38.5 Å². The van der Waals surface area contributed by atoms with Crippen molar-refractivity contribution in [1.82, 2.24) is 0 Å². The molecule has 0 radical (unpaired) electrons. The zero-order valence-electron chi connectivity index (χ0n) is 7.42. The van der Waals surface area contributed by atoms with Gasteiger partial charge in [0, 0.05) is 8.04 Å². The van der Waals surface area contributed by atoms with Crippen LogP contribution in [0.3, 0.4) is 0 Å². The minimum Gasteiger partial charge on any atom is -0.480 e. The number of hydrogen-bond acceptors (Lipinski definition) is 2. The fraction of sp³-hybridized carbons (Fsp3) is 0.222. The second-order valence-corrected chi connectivity index (χ2v) is 5.06. The summed E-state index contributed by atoms with van der Waals surface area (Å²) in [5, 5.41) is 8.96. The molecule has 0 unspecified atom stereocenters. The first-order valence-corrected chi connectivity index (χ1v) is 5.71. The van der Waals surface area contributed by atoms with Crippen LogP contribution in [0.5, 0.6) is 0 Å². The Hall–Kier alpha value is -0.140. The second-order valence-electron chi connectivity index (χ2n) is 3.11. The molecule has 0 saturated carbocycles. The lowest BCUT2D eigenvalue weighted by Gasteiger charge is -2.21. The summed E-state index contributed by atoms with van der Waals surface area (Å²) in [6.07, 6.45) is 0. The van der Waals surface area contributed by atoms with E-state index >= 15 is 0 Å². The van der Waals surface area contributed by atoms with Gasteiger partial charge in [0.1, 0.15) is 5.54 Å². The molecule has 1 rings (SSSR count). The Balaban J connectivity index is 3.33. The van der Waals surface area contributed by atoms with Crippen molar-refractivity contribution in [3.05, 3.63) is 31.8 Å². The quantitative estimate of drug-likeness (QED) is 0.786. The molecule has 3 N–H and O–H groups in total. The van der Waals surface area contributed by atoms with Crippen molar-refractivity contribution < 1.29 is 9.90 Å². The van der Waals surface area contributed by atoms with E-state index in [9.17, 15) is 4.79 Å². The second kappa shape index (κ2) is 4.16. The van der Waals surface area contributed by atoms with E-state index in [1.807, 2.05) is 6.07 Å². The monoisotopic (exact) mass is 369 g/mol. The molecule has 0 aliphatic carbocycles. The van der Waals surface area contributed by atoms with E-state index in [0.717, 1.165) is 8.04 Å². The summed E-state index contributed by atoms with van der Waals surface area (Å²) in [6.45, 7) is 1.48. The number of halogens is 2. The van der Waals surface area contributed by atoms with Gasteiger partial charge in [-0.2, -0.15) is 0 Å². The van der Waals surface area contributed by atoms with Crippen LogP contribution in [0.4, 0.5) is 0 Å². The highest BCUT2D eigenvalue weighted by Gasteiger charge is 2.32. The maximum Gasteiger partial charge on any atom is 0.328 e. The van der Waals surface area contributed by atoms with E-state index < -0.39 is 11.5 Å². The van der Waals surface area contributed by atoms with Crippen molar-refractivity contribution in [2.24, 2.45) is 5.73 Å². The Morgan fingerprint density at radius 3 is 2.71 bits per heavy atom. The average Bonchev–Trinajstić information content (AvgIpc) is 2.09. The van der Waals surface area contributed by atoms with E-state index in [1.54, 1.807) is 12.1 Å². The van der Waals surface area contributed by atoms with Gasteiger partial charge < -0.3 is 10.8 Å². The third kappa shape index (κ3) is 2.09. The molecule has 0 spiro atoms. The van der Waals surface area contributed by atoms with Gasteiger partial charge in [0.05, 0.1) is 0 Å². The van der Waals surface area contributed by atoms with Crippen LogP contribution in [0, 0.1) is 3.57 Å². The number of aliphatic carboxylic acids is 1. The van der Waals surface area contributed by atoms with Crippen LogP contribution < -0.4 is 5.73 Å². The van der Waals surface area contributed by atoms with Gasteiger partial charge >= 0.3 is 5.97 Å². The minimum absolute atomic E-state index is 0.580. The fourth-order valence-corrected chi connectivity index (χ4v) is 2.19. The summed E-state index contributed by atoms with van der Waals surface area (Å²) >= 11 is 5.45. The van der Waals surface area contributed by atoms with Crippen LogP contribution in [0.25, 0.3) is 0 Å². The first-order chi connectivity index (χ1) is 6.37. The predicted octanol–water partition coefficient (Wildman–Crippen LogP) is 2.31. The molecular weight excluding hydrogens is 361 g/mol. The molecule has 0 bridgehead atoms. The van der Waals surface area contributed by atoms with Crippen molar-refractivity contribution in [2.45, 2.75) is 12.5 Å². The molecule has 0 saturated heterocycles. The lowest BCUT2D eigenvalue weighted by molar-refractivity contribution is -0.143. The molecule has 0 aliphatic rings. The molecule has 1 atom stereocenters. The first kappa shape index (κ1) is 11.9. The third-order valence-electron chi connectivity index (χ3n) is 1.96. The van der Waals surface area contributed by atoms with Gasteiger partial charge in [-0.1, -0.05) is 12.1 Å². The number of carbonyl (C=O) groups is 1. The predicted molar refractivity (Wildman–Crippen MR) is 66.0 cm³/mol. The standard InChI is InChI=1S/C9H9BrINO2/c1-9(12,8(13)14)5-3-2-4-6(11)7(5)10/h2-4H,12H2,1H3,(H,13,14)/t9-/m1/s1. The molecule has 5 heteroatoms. The summed E-state index contributed by atoms with van der Waals surface area (Å²) in [5.74, 6) is -1.04. The number of nitrogens with two attached hydrogens (primary N) is 1. The van der Waals surface area contributed by atoms with Gasteiger partial charge in [0.15, 0.2) is 0 Å². The van der Waals surface area contributed by atoms with Crippen LogP contribution in [-0.2, 0) is 10.3 Å². The molecular formula is C9H9BrINO2. The lowest BCUT2D eigenvalue weighted by Crippen LogP contribution is -2.42. The van der Waals surface area contributed by atoms with E-state index in [0.29, 0.717) is 5.56 Å². The van der Waals surface area contributed by atoms with Gasteiger partial charge in [0.25, 0.3) is 0 Å². The molecule has 0 aliphatic heterocycles. The Kier molecular flexibility index (Phi) is 3.54. The van der Waals surface area contributed by atoms with Gasteiger partial charge in [0.2, 0.25) is 0 Å². The number of carboxylic acid groups (broad SMARTS) is 1. The summed E-state index contributed by atoms with van der Waals surface area (Å²) in [6, 6.07) is 5.38. The van der Waals surface area contributed by atoms with Crippen molar-refractivity contribution in [2.75, 3.05) is 0 Å². The van der Waals surface area contributed by atoms with E-state index in [1.165, 1.54) is 6.92 Å². The van der Waals surface area contributed by atoms with E-state index in [-0.39, 0.29) is 0 Å². The van der Waals surface area contributed by atoms with Crippen LogP contribution in [0.15, 0.2) is 22.7 Å². The normalized spacial score (nSPS) is 14.9. The largest absolute Gasteiger partial charge is 0.480 e. The Labute approximate surface area is 104 Å². The maximum atomic E-state index is 10.9. The Morgan fingerprint density at radius 1 is 1.64 bits per heavy atom. The lowest BCUT2D eigenvalue weighted by atomic mass is 9.94. The van der Waals surface area contributed by atoms with Crippen molar-refractivity contribution in [3.63, 3.8) is 0 Å². The highest BCUT2D eigenvalue weighted by atomic mass is 127. The Morgan fingerprint density at radius 2 is 2.21 bits per heavy atom. The number of rotatable bonds is 2. The first-order valence-electron chi connectivity index (χ1n) is 3.84. The van der Waals surface area contributed by atoms with Crippen LogP contribution in [0.1, 0.15) is 12.5 Å². The van der Waals surface area contributed by atoms with Gasteiger partial charge in [-0.15, -0.1) is 0 Å². The summed E-state index contributed by atoms with van der Waals surface area (Å²) in [5.41, 5.74) is 4.94. The highest BCUT2D eigenvalue weighted by Crippen LogP contribution is 2.30. The van der Waals surface area contributed by atoms with Crippen LogP contribution in [0.2, 0.25) is 0 Å². The topological polar surface area (TPSA) is 63.3 Å². The molecule has 0 heterocycles. The van der Waals surface area contributed by atoms with E-state index in [4.69, 9.17) is 10.8 Å². The van der Waals surface area contributed by atoms with Crippen molar-refractivity contribution in [3.8, 4) is 0 Å². The average molecular weight is 370 g/mol. The summed E-state index contributed by atoms with van der Waals surface area (Å²) in [4.78, 5) is 10.9. The van der Waals surface area contributed by atoms with Crippen molar-refractivity contribution in [1.29, 1.82) is 0 Å². The van der Waals surface area contributed by atoms with Crippen LogP contribution >= 0.6 is 38.5 Å². The number of carboxylic acids is 1. The zero-order chi connectivity index (χ0) is 10.9. The third-order valence-corrected chi connectivity index (χ3v) is 4.45. The van der Waals surface area contributed by atoms with Gasteiger partial charge in [-0.25, -0.2) is 4.79 Å². The van der Waals surface area contributed by atoms with Crippen LogP contribution in [-0.4, -0.2) is 11.1 Å². The molecule has 1 aromatic carbocycles. The van der Waals surface area contributed by atoms with Crippen molar-refractivity contribution >= 4 is 44.5 Å². The van der Waals surface area contributed by atoms with Gasteiger partial charge in [-0.05, 0) is 57.1 Å². The fourth-order valence-electron chi connectivity index (χ4n) is 1.02. The molecule has 0 amide bonds. The molecule has 0 aromatic heterocycles. The molecule has 0 fully saturated rings. The molecule has 3 nitrogen and oxygen atoms in total. The zero-order valence-corrected chi connectivity index (χ0v) is 11.2. The number of benzene rings is 1. The highest BCUT2D eigenvalue weighted by molar-refractivity contribution is 14.1. The summed E-state index contributed by atoms with van der Waals surface area (Å²) in [7, 11) is 0. The molecule has 1 aromatic rings. The Bertz CT molecular complexity index is 379. The molecule has 76 valence electrons. The molecule has 14 heavy (non-hydrogen) atoms. The maximum absolute atomic E-state index is 10.9. The SMILES string of the molecule is C[C@](N)(C(=O)O)c1cccc(I)c1Br. The summed E-state index contributed by atoms with van der Waals surface area (Å²) < 4.78 is 1.69.